The van der Waals surface area contributed by atoms with E-state index in [0.717, 1.165) is 11.4 Å². The number of oxazole rings is 1. The van der Waals surface area contributed by atoms with E-state index in [0.29, 0.717) is 51.0 Å². The Balaban J connectivity index is 1.55. The van der Waals surface area contributed by atoms with Crippen LogP contribution in [0.2, 0.25) is 0 Å². The van der Waals surface area contributed by atoms with Gasteiger partial charge in [-0.2, -0.15) is 0 Å². The van der Waals surface area contributed by atoms with Crippen molar-refractivity contribution in [2.75, 3.05) is 37.7 Å². The molecule has 1 aromatic heterocycles. The molecule has 0 spiro atoms. The van der Waals surface area contributed by atoms with Crippen LogP contribution >= 0.6 is 0 Å². The van der Waals surface area contributed by atoms with Gasteiger partial charge in [0.05, 0.1) is 38.2 Å². The molecule has 4 rings (SSSR count). The normalized spacial score (nSPS) is 19.9. The number of hydrogen-bond acceptors (Lipinski definition) is 6. The van der Waals surface area contributed by atoms with Crippen molar-refractivity contribution in [1.29, 1.82) is 0 Å². The third-order valence-corrected chi connectivity index (χ3v) is 5.08. The molecule has 2 aliphatic rings. The first kappa shape index (κ1) is 18.8. The molecule has 1 aromatic carbocycles. The minimum atomic E-state index is -0.551. The Bertz CT molecular complexity index is 836. The highest BCUT2D eigenvalue weighted by molar-refractivity contribution is 5.83. The lowest BCUT2D eigenvalue weighted by Crippen LogP contribution is -2.52. The van der Waals surface area contributed by atoms with Crippen LogP contribution in [0.5, 0.6) is 5.75 Å². The third-order valence-electron chi connectivity index (χ3n) is 5.08. The number of hydrogen-bond donors (Lipinski definition) is 0. The maximum atomic E-state index is 13.0. The van der Waals surface area contributed by atoms with Crippen LogP contribution in [0.25, 0.3) is 0 Å². The van der Waals surface area contributed by atoms with Crippen molar-refractivity contribution < 1.29 is 18.7 Å². The van der Waals surface area contributed by atoms with Crippen LogP contribution in [-0.4, -0.2) is 54.7 Å². The summed E-state index contributed by atoms with van der Waals surface area (Å²) < 4.78 is 17.4. The van der Waals surface area contributed by atoms with Crippen LogP contribution in [-0.2, 0) is 21.5 Å². The van der Waals surface area contributed by atoms with Gasteiger partial charge >= 0.3 is 0 Å². The maximum Gasteiger partial charge on any atom is 0.265 e. The predicted octanol–water partition coefficient (Wildman–Crippen LogP) is 2.60. The zero-order chi connectivity index (χ0) is 19.7. The van der Waals surface area contributed by atoms with Crippen LogP contribution in [0, 0.1) is 0 Å². The number of rotatable bonds is 3. The van der Waals surface area contributed by atoms with E-state index >= 15 is 0 Å². The second-order valence-corrected chi connectivity index (χ2v) is 8.26. The zero-order valence-electron chi connectivity index (χ0n) is 16.7. The monoisotopic (exact) mass is 385 g/mol. The van der Waals surface area contributed by atoms with E-state index in [-0.39, 0.29) is 11.3 Å². The zero-order valence-corrected chi connectivity index (χ0v) is 16.7. The van der Waals surface area contributed by atoms with Crippen molar-refractivity contribution in [2.24, 2.45) is 0 Å². The molecular formula is C21H27N3O4. The first-order valence-electron chi connectivity index (χ1n) is 9.74. The Morgan fingerprint density at radius 2 is 1.96 bits per heavy atom. The number of para-hydroxylation sites is 2. The summed E-state index contributed by atoms with van der Waals surface area (Å²) in [6, 6.07) is 7.78. The fourth-order valence-corrected chi connectivity index (χ4v) is 3.47. The minimum Gasteiger partial charge on any atom is -0.477 e. The van der Waals surface area contributed by atoms with Crippen LogP contribution < -0.4 is 9.64 Å². The van der Waals surface area contributed by atoms with Gasteiger partial charge in [-0.25, -0.2) is 4.98 Å². The lowest BCUT2D eigenvalue weighted by molar-refractivity contribution is -0.142. The van der Waals surface area contributed by atoms with E-state index in [9.17, 15) is 4.79 Å². The summed E-state index contributed by atoms with van der Waals surface area (Å²) in [6.45, 7) is 9.60. The molecule has 1 saturated heterocycles. The number of carbonyl (C=O) groups is 1. The lowest BCUT2D eigenvalue weighted by atomic mass is 9.94. The van der Waals surface area contributed by atoms with Gasteiger partial charge in [-0.05, 0) is 12.1 Å². The second-order valence-electron chi connectivity index (χ2n) is 8.26. The number of aromatic nitrogens is 1. The van der Waals surface area contributed by atoms with Gasteiger partial charge in [0.2, 0.25) is 5.89 Å². The van der Waals surface area contributed by atoms with Crippen LogP contribution in [0.15, 0.2) is 34.9 Å². The molecule has 7 heteroatoms. The molecule has 0 radical (unpaired) electrons. The summed E-state index contributed by atoms with van der Waals surface area (Å²) >= 11 is 0. The molecule has 0 saturated carbocycles. The smallest absolute Gasteiger partial charge is 0.265 e. The molecule has 1 fully saturated rings. The van der Waals surface area contributed by atoms with Gasteiger partial charge in [-0.15, -0.1) is 0 Å². The highest BCUT2D eigenvalue weighted by Gasteiger charge is 2.34. The summed E-state index contributed by atoms with van der Waals surface area (Å²) in [5.74, 6) is 2.21. The minimum absolute atomic E-state index is 0.00517. The first-order valence-corrected chi connectivity index (χ1v) is 9.74. The van der Waals surface area contributed by atoms with Crippen molar-refractivity contribution in [2.45, 2.75) is 38.8 Å². The summed E-state index contributed by atoms with van der Waals surface area (Å²) in [7, 11) is 0. The number of fused-ring (bicyclic) bond motifs is 1. The molecule has 28 heavy (non-hydrogen) atoms. The number of nitrogens with zero attached hydrogens (tertiary/aromatic N) is 3. The topological polar surface area (TPSA) is 68.0 Å². The van der Waals surface area contributed by atoms with E-state index < -0.39 is 6.10 Å². The largest absolute Gasteiger partial charge is 0.477 e. The van der Waals surface area contributed by atoms with Crippen molar-refractivity contribution in [3.63, 3.8) is 0 Å². The van der Waals surface area contributed by atoms with E-state index in [1.807, 2.05) is 29.2 Å². The number of anilines is 1. The molecular weight excluding hydrogens is 358 g/mol. The quantitative estimate of drug-likeness (QED) is 0.809. The molecule has 0 unspecified atom stereocenters. The van der Waals surface area contributed by atoms with E-state index in [1.165, 1.54) is 0 Å². The molecule has 3 heterocycles. The summed E-state index contributed by atoms with van der Waals surface area (Å²) in [4.78, 5) is 21.4. The summed E-state index contributed by atoms with van der Waals surface area (Å²) in [5.41, 5.74) is 0.854. The molecule has 7 nitrogen and oxygen atoms in total. The fourth-order valence-electron chi connectivity index (χ4n) is 3.47. The van der Waals surface area contributed by atoms with Gasteiger partial charge in [0, 0.05) is 18.5 Å². The van der Waals surface area contributed by atoms with Gasteiger partial charge < -0.3 is 23.7 Å². The van der Waals surface area contributed by atoms with Crippen molar-refractivity contribution >= 4 is 11.6 Å². The number of carbonyl (C=O) groups excluding carboxylic acids is 1. The van der Waals surface area contributed by atoms with Gasteiger partial charge in [0.25, 0.3) is 5.91 Å². The molecule has 0 bridgehead atoms. The predicted molar refractivity (Wildman–Crippen MR) is 105 cm³/mol. The van der Waals surface area contributed by atoms with Crippen molar-refractivity contribution in [3.05, 3.63) is 42.1 Å². The Labute approximate surface area is 165 Å². The van der Waals surface area contributed by atoms with Gasteiger partial charge in [0.15, 0.2) is 6.10 Å². The van der Waals surface area contributed by atoms with Crippen LogP contribution in [0.1, 0.15) is 32.4 Å². The molecule has 1 amide bonds. The highest BCUT2D eigenvalue weighted by Crippen LogP contribution is 2.35. The van der Waals surface area contributed by atoms with Gasteiger partial charge in [-0.1, -0.05) is 32.9 Å². The van der Waals surface area contributed by atoms with Crippen molar-refractivity contribution in [1.82, 2.24) is 9.88 Å². The molecule has 0 N–H and O–H groups in total. The fraction of sp³-hybridized carbons (Fsp3) is 0.524. The Hall–Kier alpha value is -2.54. The third kappa shape index (κ3) is 3.85. The number of morpholine rings is 1. The number of ether oxygens (including phenoxy) is 2. The Kier molecular flexibility index (Phi) is 5.02. The average Bonchev–Trinajstić information content (AvgIpc) is 3.17. The molecule has 2 aromatic rings. The lowest BCUT2D eigenvalue weighted by Gasteiger charge is -2.37. The Morgan fingerprint density at radius 3 is 2.68 bits per heavy atom. The highest BCUT2D eigenvalue weighted by atomic mass is 16.5. The molecule has 2 aliphatic heterocycles. The first-order chi connectivity index (χ1) is 13.4. The van der Waals surface area contributed by atoms with Crippen molar-refractivity contribution in [3.8, 4) is 5.75 Å². The van der Waals surface area contributed by atoms with Crippen LogP contribution in [0.4, 0.5) is 5.69 Å². The molecule has 0 aliphatic carbocycles. The SMILES string of the molecule is CC(C)(C)c1cnc(CN2C[C@H](C(=O)N3CCOCC3)Oc3ccccc32)o1. The average molecular weight is 385 g/mol. The number of benzene rings is 1. The molecule has 1 atom stereocenters. The molecule has 150 valence electrons. The Morgan fingerprint density at radius 1 is 1.21 bits per heavy atom. The maximum absolute atomic E-state index is 13.0. The van der Waals surface area contributed by atoms with E-state index in [1.54, 1.807) is 6.20 Å². The van der Waals surface area contributed by atoms with Gasteiger partial charge in [-0.3, -0.25) is 4.79 Å². The number of amides is 1. The second kappa shape index (κ2) is 7.47. The van der Waals surface area contributed by atoms with E-state index in [4.69, 9.17) is 13.9 Å². The van der Waals surface area contributed by atoms with Gasteiger partial charge in [0.1, 0.15) is 11.5 Å². The standard InChI is InChI=1S/C21H27N3O4/c1-21(2,3)18-12-22-19(28-18)14-24-13-17(20(25)23-8-10-26-11-9-23)27-16-7-5-4-6-15(16)24/h4-7,12,17H,8-11,13-14H2,1-3H3/t17-/m1/s1. The van der Waals surface area contributed by atoms with Crippen LogP contribution in [0.3, 0.4) is 0 Å². The van der Waals surface area contributed by atoms with E-state index in [2.05, 4.69) is 30.7 Å². The summed E-state index contributed by atoms with van der Waals surface area (Å²) in [6.07, 6.45) is 1.24. The summed E-state index contributed by atoms with van der Waals surface area (Å²) in [5, 5.41) is 0.